The minimum absolute atomic E-state index is 0.0624. The second-order valence-corrected chi connectivity index (χ2v) is 5.53. The fraction of sp³-hybridized carbons (Fsp3) is 0.222. The van der Waals surface area contributed by atoms with Gasteiger partial charge in [-0.1, -0.05) is 32.9 Å². The Labute approximate surface area is 134 Å². The average molecular weight is 313 g/mol. The monoisotopic (exact) mass is 313 g/mol. The van der Waals surface area contributed by atoms with Gasteiger partial charge in [-0.2, -0.15) is 0 Å². The molecule has 0 aliphatic carbocycles. The van der Waals surface area contributed by atoms with E-state index in [0.717, 1.165) is 15.2 Å². The number of hydrogen-bond acceptors (Lipinski definition) is 4. The summed E-state index contributed by atoms with van der Waals surface area (Å²) in [5, 5.41) is 10.8. The van der Waals surface area contributed by atoms with Gasteiger partial charge in [0.05, 0.1) is 15.8 Å². The van der Waals surface area contributed by atoms with Gasteiger partial charge in [0.25, 0.3) is 0 Å². The molecule has 0 atom stereocenters. The normalized spacial score (nSPS) is 10.1. The molecule has 0 unspecified atom stereocenters. The van der Waals surface area contributed by atoms with Crippen LogP contribution in [0.1, 0.15) is 37.6 Å². The fourth-order valence-electron chi connectivity index (χ4n) is 2.07. The largest absolute Gasteiger partial charge is 0.507 e. The van der Waals surface area contributed by atoms with Crippen LogP contribution in [0.4, 0.5) is 0 Å². The second-order valence-electron chi connectivity index (χ2n) is 4.50. The van der Waals surface area contributed by atoms with Crippen molar-refractivity contribution in [2.75, 3.05) is 0 Å². The van der Waals surface area contributed by atoms with E-state index in [9.17, 15) is 9.90 Å². The number of ketones is 1. The molecule has 1 aromatic heterocycles. The van der Waals surface area contributed by atoms with Gasteiger partial charge in [-0.15, -0.1) is 11.3 Å². The molecule has 4 heteroatoms. The van der Waals surface area contributed by atoms with Crippen molar-refractivity contribution >= 4 is 27.3 Å². The van der Waals surface area contributed by atoms with E-state index in [1.54, 1.807) is 18.2 Å². The van der Waals surface area contributed by atoms with Gasteiger partial charge >= 0.3 is 0 Å². The summed E-state index contributed by atoms with van der Waals surface area (Å²) in [6.45, 7) is 5.83. The molecule has 0 spiro atoms. The quantitative estimate of drug-likeness (QED) is 0.669. The third-order valence-electron chi connectivity index (χ3n) is 3.16. The van der Waals surface area contributed by atoms with Crippen LogP contribution in [0.25, 0.3) is 20.8 Å². The number of carbonyl (C=O) groups is 1. The van der Waals surface area contributed by atoms with Crippen molar-refractivity contribution in [3.05, 3.63) is 48.0 Å². The Morgan fingerprint density at radius 1 is 1.18 bits per heavy atom. The first-order chi connectivity index (χ1) is 10.7. The Hall–Kier alpha value is -2.20. The van der Waals surface area contributed by atoms with Crippen molar-refractivity contribution in [1.82, 2.24) is 4.98 Å². The number of phenols is 1. The van der Waals surface area contributed by atoms with Gasteiger partial charge in [0, 0.05) is 12.0 Å². The molecule has 0 saturated carbocycles. The van der Waals surface area contributed by atoms with Gasteiger partial charge in [-0.05, 0) is 30.3 Å². The van der Waals surface area contributed by atoms with Crippen LogP contribution < -0.4 is 0 Å². The molecule has 0 saturated heterocycles. The van der Waals surface area contributed by atoms with Gasteiger partial charge in [0.1, 0.15) is 10.8 Å². The summed E-state index contributed by atoms with van der Waals surface area (Å²) in [7, 11) is 0. The first-order valence-electron chi connectivity index (χ1n) is 7.41. The molecule has 0 fully saturated rings. The van der Waals surface area contributed by atoms with Gasteiger partial charge < -0.3 is 5.11 Å². The van der Waals surface area contributed by atoms with E-state index in [4.69, 9.17) is 0 Å². The summed E-state index contributed by atoms with van der Waals surface area (Å²) in [4.78, 5) is 16.3. The SMILES string of the molecule is CC.CCC(=O)c1ccc(O)c(-c2nc3ccccc3s2)c1. The highest BCUT2D eigenvalue weighted by molar-refractivity contribution is 7.21. The van der Waals surface area contributed by atoms with Crippen LogP contribution in [0.15, 0.2) is 42.5 Å². The number of aromatic hydroxyl groups is 1. The summed E-state index contributed by atoms with van der Waals surface area (Å²) in [5.74, 6) is 0.212. The number of rotatable bonds is 3. The maximum absolute atomic E-state index is 11.8. The van der Waals surface area contributed by atoms with Crippen LogP contribution in [0, 0.1) is 0 Å². The molecule has 3 nitrogen and oxygen atoms in total. The highest BCUT2D eigenvalue weighted by Crippen LogP contribution is 2.35. The van der Waals surface area contributed by atoms with E-state index in [0.29, 0.717) is 17.5 Å². The molecule has 2 aromatic carbocycles. The standard InChI is InChI=1S/C16H13NO2S.C2H6/c1-2-13(18)10-7-8-14(19)11(9-10)16-17-12-5-3-4-6-15(12)20-16;1-2/h3-9,19H,2H2,1H3;1-2H3. The zero-order valence-electron chi connectivity index (χ0n) is 13.0. The fourth-order valence-corrected chi connectivity index (χ4v) is 3.06. The highest BCUT2D eigenvalue weighted by Gasteiger charge is 2.13. The van der Waals surface area contributed by atoms with E-state index in [1.165, 1.54) is 11.3 Å². The Balaban J connectivity index is 0.000000847. The van der Waals surface area contributed by atoms with Crippen molar-refractivity contribution in [2.24, 2.45) is 0 Å². The van der Waals surface area contributed by atoms with Crippen molar-refractivity contribution in [3.63, 3.8) is 0 Å². The minimum Gasteiger partial charge on any atom is -0.507 e. The number of Topliss-reactive ketones (excluding diaryl/α,β-unsaturated/α-hetero) is 1. The number of phenolic OH excluding ortho intramolecular Hbond substituents is 1. The van der Waals surface area contributed by atoms with Crippen LogP contribution in [0.2, 0.25) is 0 Å². The maximum atomic E-state index is 11.8. The van der Waals surface area contributed by atoms with Crippen LogP contribution in [-0.4, -0.2) is 15.9 Å². The molecular weight excluding hydrogens is 294 g/mol. The lowest BCUT2D eigenvalue weighted by atomic mass is 10.1. The van der Waals surface area contributed by atoms with Gasteiger partial charge in [-0.25, -0.2) is 4.98 Å². The number of hydrogen-bond donors (Lipinski definition) is 1. The van der Waals surface area contributed by atoms with Crippen LogP contribution >= 0.6 is 11.3 Å². The molecule has 3 aromatic rings. The predicted octanol–water partition coefficient (Wildman–Crippen LogP) is 5.29. The lowest BCUT2D eigenvalue weighted by molar-refractivity contribution is 0.0988. The molecule has 1 heterocycles. The molecular formula is C18H19NO2S. The smallest absolute Gasteiger partial charge is 0.162 e. The zero-order chi connectivity index (χ0) is 16.1. The number of aromatic nitrogens is 1. The Kier molecular flexibility index (Phi) is 5.28. The number of para-hydroxylation sites is 1. The molecule has 0 aliphatic heterocycles. The van der Waals surface area contributed by atoms with E-state index in [-0.39, 0.29) is 11.5 Å². The lowest BCUT2D eigenvalue weighted by Gasteiger charge is -2.04. The molecule has 22 heavy (non-hydrogen) atoms. The lowest BCUT2D eigenvalue weighted by Crippen LogP contribution is -1.96. The number of thiazole rings is 1. The van der Waals surface area contributed by atoms with Crippen molar-refractivity contribution in [1.29, 1.82) is 0 Å². The first kappa shape index (κ1) is 16.2. The number of benzene rings is 2. The maximum Gasteiger partial charge on any atom is 0.162 e. The molecule has 0 bridgehead atoms. The molecule has 114 valence electrons. The summed E-state index contributed by atoms with van der Waals surface area (Å²) in [6.07, 6.45) is 0.448. The summed E-state index contributed by atoms with van der Waals surface area (Å²) < 4.78 is 1.06. The van der Waals surface area contributed by atoms with Crippen LogP contribution in [0.5, 0.6) is 5.75 Å². The Bertz CT molecular complexity index is 760. The van der Waals surface area contributed by atoms with Gasteiger partial charge in [-0.3, -0.25) is 4.79 Å². The average Bonchev–Trinajstić information content (AvgIpc) is 3.00. The van der Waals surface area contributed by atoms with Crippen molar-refractivity contribution in [3.8, 4) is 16.3 Å². The van der Waals surface area contributed by atoms with E-state index in [1.807, 2.05) is 45.0 Å². The topological polar surface area (TPSA) is 50.2 Å². The third kappa shape index (κ3) is 3.17. The minimum atomic E-state index is 0.0624. The Morgan fingerprint density at radius 3 is 2.59 bits per heavy atom. The van der Waals surface area contributed by atoms with E-state index < -0.39 is 0 Å². The first-order valence-corrected chi connectivity index (χ1v) is 8.23. The molecule has 0 radical (unpaired) electrons. The summed E-state index contributed by atoms with van der Waals surface area (Å²) >= 11 is 1.51. The summed E-state index contributed by atoms with van der Waals surface area (Å²) in [5.41, 5.74) is 2.13. The molecule has 1 N–H and O–H groups in total. The molecule has 0 amide bonds. The number of fused-ring (bicyclic) bond motifs is 1. The number of carbonyl (C=O) groups excluding carboxylic acids is 1. The van der Waals surface area contributed by atoms with Gasteiger partial charge in [0.15, 0.2) is 5.78 Å². The van der Waals surface area contributed by atoms with Crippen molar-refractivity contribution < 1.29 is 9.90 Å². The van der Waals surface area contributed by atoms with Crippen LogP contribution in [0.3, 0.4) is 0 Å². The second kappa shape index (κ2) is 7.18. The molecule has 3 rings (SSSR count). The predicted molar refractivity (Wildman–Crippen MR) is 92.7 cm³/mol. The van der Waals surface area contributed by atoms with E-state index >= 15 is 0 Å². The third-order valence-corrected chi connectivity index (χ3v) is 4.23. The summed E-state index contributed by atoms with van der Waals surface area (Å²) in [6, 6.07) is 12.8. The zero-order valence-corrected chi connectivity index (χ0v) is 13.8. The van der Waals surface area contributed by atoms with Crippen molar-refractivity contribution in [2.45, 2.75) is 27.2 Å². The molecule has 0 aliphatic rings. The highest BCUT2D eigenvalue weighted by atomic mass is 32.1. The van der Waals surface area contributed by atoms with Gasteiger partial charge in [0.2, 0.25) is 0 Å². The van der Waals surface area contributed by atoms with E-state index in [2.05, 4.69) is 4.98 Å². The Morgan fingerprint density at radius 2 is 1.91 bits per heavy atom. The number of nitrogens with zero attached hydrogens (tertiary/aromatic N) is 1. The van der Waals surface area contributed by atoms with Crippen LogP contribution in [-0.2, 0) is 0 Å².